The molecule has 1 saturated heterocycles. The normalized spacial score (nSPS) is 17.9. The second kappa shape index (κ2) is 7.81. The van der Waals surface area contributed by atoms with Crippen molar-refractivity contribution in [2.24, 2.45) is 18.9 Å². The minimum atomic E-state index is 0.107. The molecule has 0 radical (unpaired) electrons. The van der Waals surface area contributed by atoms with E-state index in [-0.39, 0.29) is 5.91 Å². The number of likely N-dealkylation sites (tertiary alicyclic amines) is 1. The highest BCUT2D eigenvalue weighted by atomic mass is 16.2. The predicted octanol–water partition coefficient (Wildman–Crippen LogP) is 3.11. The Labute approximate surface area is 150 Å². The van der Waals surface area contributed by atoms with Gasteiger partial charge in [0.15, 0.2) is 0 Å². The number of carbonyl (C=O) groups excluding carboxylic acids is 1. The lowest BCUT2D eigenvalue weighted by molar-refractivity contribution is 0.0661. The zero-order valence-electron chi connectivity index (χ0n) is 15.5. The van der Waals surface area contributed by atoms with Crippen LogP contribution in [-0.4, -0.2) is 38.7 Å². The van der Waals surface area contributed by atoms with Gasteiger partial charge in [-0.25, -0.2) is 0 Å². The molecule has 1 amide bonds. The van der Waals surface area contributed by atoms with Gasteiger partial charge in [0.05, 0.1) is 5.69 Å². The van der Waals surface area contributed by atoms with Crippen LogP contribution in [0, 0.1) is 11.8 Å². The summed E-state index contributed by atoms with van der Waals surface area (Å²) in [5, 5.41) is 4.51. The van der Waals surface area contributed by atoms with E-state index in [2.05, 4.69) is 30.0 Å². The van der Waals surface area contributed by atoms with Crippen LogP contribution in [0.15, 0.2) is 30.5 Å². The van der Waals surface area contributed by atoms with Crippen LogP contribution >= 0.6 is 0 Å². The number of pyridine rings is 1. The van der Waals surface area contributed by atoms with Gasteiger partial charge in [-0.1, -0.05) is 19.9 Å². The Bertz CT molecular complexity index is 708. The summed E-state index contributed by atoms with van der Waals surface area (Å²) >= 11 is 0. The van der Waals surface area contributed by atoms with Crippen molar-refractivity contribution in [2.75, 3.05) is 13.1 Å². The molecule has 2 aromatic rings. The first-order valence-corrected chi connectivity index (χ1v) is 9.25. The second-order valence-electron chi connectivity index (χ2n) is 7.53. The quantitative estimate of drug-likeness (QED) is 0.840. The maximum absolute atomic E-state index is 13.0. The SMILES string of the molecule is CC(C)Cc1cc(C(=O)N2CCC[C@@H](Cc3ccccn3)C2)n(C)n1. The van der Waals surface area contributed by atoms with Crippen molar-refractivity contribution in [3.05, 3.63) is 47.5 Å². The molecule has 5 heteroatoms. The van der Waals surface area contributed by atoms with Crippen LogP contribution in [0.2, 0.25) is 0 Å². The second-order valence-corrected chi connectivity index (χ2v) is 7.53. The number of aryl methyl sites for hydroxylation is 1. The first-order valence-electron chi connectivity index (χ1n) is 9.25. The minimum absolute atomic E-state index is 0.107. The van der Waals surface area contributed by atoms with Crippen molar-refractivity contribution in [3.63, 3.8) is 0 Å². The molecule has 5 nitrogen and oxygen atoms in total. The Balaban J connectivity index is 1.66. The molecule has 0 saturated carbocycles. The molecule has 3 heterocycles. The summed E-state index contributed by atoms with van der Waals surface area (Å²) in [5.41, 5.74) is 2.82. The Morgan fingerprint density at radius 3 is 2.88 bits per heavy atom. The highest BCUT2D eigenvalue weighted by Gasteiger charge is 2.27. The molecule has 0 bridgehead atoms. The lowest BCUT2D eigenvalue weighted by atomic mass is 9.93. The van der Waals surface area contributed by atoms with Gasteiger partial charge in [-0.05, 0) is 55.7 Å². The van der Waals surface area contributed by atoms with E-state index >= 15 is 0 Å². The molecule has 3 rings (SSSR count). The fourth-order valence-corrected chi connectivity index (χ4v) is 3.64. The molecule has 134 valence electrons. The highest BCUT2D eigenvalue weighted by Crippen LogP contribution is 2.22. The molecule has 0 N–H and O–H groups in total. The number of amides is 1. The van der Waals surface area contributed by atoms with Crippen molar-refractivity contribution >= 4 is 5.91 Å². The number of hydrogen-bond donors (Lipinski definition) is 0. The van der Waals surface area contributed by atoms with Crippen LogP contribution in [0.25, 0.3) is 0 Å². The smallest absolute Gasteiger partial charge is 0.272 e. The summed E-state index contributed by atoms with van der Waals surface area (Å²) in [4.78, 5) is 19.4. The monoisotopic (exact) mass is 340 g/mol. The number of carbonyl (C=O) groups is 1. The molecule has 1 atom stereocenters. The fourth-order valence-electron chi connectivity index (χ4n) is 3.64. The standard InChI is InChI=1S/C20H28N4O/c1-15(2)11-18-13-19(23(3)22-18)20(25)24-10-6-7-16(14-24)12-17-8-4-5-9-21-17/h4-5,8-9,13,15-16H,6-7,10-12,14H2,1-3H3/t16-/m0/s1. The number of nitrogens with zero attached hydrogens (tertiary/aromatic N) is 4. The van der Waals surface area contributed by atoms with Crippen molar-refractivity contribution in [3.8, 4) is 0 Å². The topological polar surface area (TPSA) is 51.0 Å². The maximum Gasteiger partial charge on any atom is 0.272 e. The predicted molar refractivity (Wildman–Crippen MR) is 98.3 cm³/mol. The van der Waals surface area contributed by atoms with E-state index in [1.807, 2.05) is 36.3 Å². The number of rotatable bonds is 5. The molecule has 0 aromatic carbocycles. The molecule has 0 unspecified atom stereocenters. The summed E-state index contributed by atoms with van der Waals surface area (Å²) in [5.74, 6) is 1.13. The van der Waals surface area contributed by atoms with Gasteiger partial charge in [0.2, 0.25) is 0 Å². The Morgan fingerprint density at radius 1 is 1.32 bits per heavy atom. The van der Waals surface area contributed by atoms with E-state index in [4.69, 9.17) is 0 Å². The fraction of sp³-hybridized carbons (Fsp3) is 0.550. The zero-order valence-corrected chi connectivity index (χ0v) is 15.5. The largest absolute Gasteiger partial charge is 0.337 e. The van der Waals surface area contributed by atoms with Gasteiger partial charge >= 0.3 is 0 Å². The first-order chi connectivity index (χ1) is 12.0. The van der Waals surface area contributed by atoms with Gasteiger partial charge in [0, 0.05) is 32.0 Å². The van der Waals surface area contributed by atoms with E-state index in [1.54, 1.807) is 4.68 Å². The Kier molecular flexibility index (Phi) is 5.51. The minimum Gasteiger partial charge on any atom is -0.337 e. The lowest BCUT2D eigenvalue weighted by Crippen LogP contribution is -2.41. The van der Waals surface area contributed by atoms with Crippen LogP contribution in [0.1, 0.15) is 48.6 Å². The van der Waals surface area contributed by atoms with Crippen LogP contribution < -0.4 is 0 Å². The van der Waals surface area contributed by atoms with Gasteiger partial charge in [-0.2, -0.15) is 5.10 Å². The number of hydrogen-bond acceptors (Lipinski definition) is 3. The summed E-state index contributed by atoms with van der Waals surface area (Å²) in [6, 6.07) is 8.00. The van der Waals surface area contributed by atoms with Crippen molar-refractivity contribution < 1.29 is 4.79 Å². The average molecular weight is 340 g/mol. The van der Waals surface area contributed by atoms with E-state index in [0.717, 1.165) is 50.2 Å². The average Bonchev–Trinajstić information content (AvgIpc) is 2.95. The lowest BCUT2D eigenvalue weighted by Gasteiger charge is -2.32. The van der Waals surface area contributed by atoms with Gasteiger partial charge < -0.3 is 4.90 Å². The summed E-state index contributed by atoms with van der Waals surface area (Å²) in [6.45, 7) is 5.98. The molecular formula is C20H28N4O. The zero-order chi connectivity index (χ0) is 17.8. The van der Waals surface area contributed by atoms with Crippen molar-refractivity contribution in [1.29, 1.82) is 0 Å². The Hall–Kier alpha value is -2.17. The summed E-state index contributed by atoms with van der Waals surface area (Å²) in [6.07, 6.45) is 5.90. The summed E-state index contributed by atoms with van der Waals surface area (Å²) < 4.78 is 1.74. The van der Waals surface area contributed by atoms with Crippen LogP contribution in [0.4, 0.5) is 0 Å². The van der Waals surface area contributed by atoms with Crippen LogP contribution in [0.3, 0.4) is 0 Å². The highest BCUT2D eigenvalue weighted by molar-refractivity contribution is 5.92. The first kappa shape index (κ1) is 17.6. The molecule has 1 aliphatic rings. The van der Waals surface area contributed by atoms with E-state index in [9.17, 15) is 4.79 Å². The molecule has 1 fully saturated rings. The third kappa shape index (κ3) is 4.47. The molecular weight excluding hydrogens is 312 g/mol. The third-order valence-electron chi connectivity index (χ3n) is 4.80. The molecule has 1 aliphatic heterocycles. The van der Waals surface area contributed by atoms with Gasteiger partial charge in [0.25, 0.3) is 5.91 Å². The summed E-state index contributed by atoms with van der Waals surface area (Å²) in [7, 11) is 1.87. The van der Waals surface area contributed by atoms with Crippen LogP contribution in [-0.2, 0) is 19.9 Å². The number of aromatic nitrogens is 3. The third-order valence-corrected chi connectivity index (χ3v) is 4.80. The Morgan fingerprint density at radius 2 is 2.16 bits per heavy atom. The van der Waals surface area contributed by atoms with Gasteiger partial charge in [-0.15, -0.1) is 0 Å². The molecule has 2 aromatic heterocycles. The molecule has 0 spiro atoms. The maximum atomic E-state index is 13.0. The molecule has 0 aliphatic carbocycles. The van der Waals surface area contributed by atoms with Gasteiger partial charge in [0.1, 0.15) is 5.69 Å². The van der Waals surface area contributed by atoms with Crippen molar-refractivity contribution in [2.45, 2.75) is 39.5 Å². The van der Waals surface area contributed by atoms with E-state index < -0.39 is 0 Å². The van der Waals surface area contributed by atoms with E-state index in [0.29, 0.717) is 17.5 Å². The number of piperidine rings is 1. The van der Waals surface area contributed by atoms with Crippen molar-refractivity contribution in [1.82, 2.24) is 19.7 Å². The van der Waals surface area contributed by atoms with Crippen LogP contribution in [0.5, 0.6) is 0 Å². The molecule has 25 heavy (non-hydrogen) atoms. The van der Waals surface area contributed by atoms with Gasteiger partial charge in [-0.3, -0.25) is 14.5 Å². The van der Waals surface area contributed by atoms with E-state index in [1.165, 1.54) is 0 Å².